The number of alkyl halides is 3. The summed E-state index contributed by atoms with van der Waals surface area (Å²) in [5.41, 5.74) is 5.01. The van der Waals surface area contributed by atoms with Crippen LogP contribution in [0.5, 0.6) is 5.75 Å². The van der Waals surface area contributed by atoms with E-state index in [4.69, 9.17) is 15.2 Å². The summed E-state index contributed by atoms with van der Waals surface area (Å²) in [6, 6.07) is 4.60. The van der Waals surface area contributed by atoms with Gasteiger partial charge in [0.1, 0.15) is 12.4 Å². The Bertz CT molecular complexity index is 1130. The van der Waals surface area contributed by atoms with Crippen LogP contribution in [0.15, 0.2) is 29.3 Å². The van der Waals surface area contributed by atoms with Crippen LogP contribution in [-0.2, 0) is 29.9 Å². The van der Waals surface area contributed by atoms with Gasteiger partial charge in [-0.2, -0.15) is 18.2 Å². The molecule has 1 saturated heterocycles. The molecule has 0 unspecified atom stereocenters. The molecule has 0 saturated carbocycles. The molecule has 0 spiro atoms. The Kier molecular flexibility index (Phi) is 7.57. The van der Waals surface area contributed by atoms with Crippen LogP contribution in [-0.4, -0.2) is 40.1 Å². The molecule has 1 atom stereocenters. The fourth-order valence-electron chi connectivity index (χ4n) is 3.99. The molecule has 1 aliphatic heterocycles. The average molecular weight is 497 g/mol. The topological polar surface area (TPSA) is 83.8 Å². The van der Waals surface area contributed by atoms with Crippen LogP contribution in [0.3, 0.4) is 0 Å². The fourth-order valence-corrected chi connectivity index (χ4v) is 3.99. The lowest BCUT2D eigenvalue weighted by molar-refractivity contribution is -0.137. The highest BCUT2D eigenvalue weighted by Gasteiger charge is 2.32. The molecule has 10 heteroatoms. The molecule has 0 radical (unpaired) electrons. The number of amides is 1. The largest absolute Gasteiger partial charge is 0.491 e. The summed E-state index contributed by atoms with van der Waals surface area (Å²) >= 11 is 0. The van der Waals surface area contributed by atoms with Crippen molar-refractivity contribution in [1.29, 1.82) is 0 Å². The molecular formula is C25H35F3N4O3. The second kappa shape index (κ2) is 9.81. The maximum Gasteiger partial charge on any atom is 0.416 e. The molecule has 0 aliphatic carbocycles. The van der Waals surface area contributed by atoms with E-state index in [0.29, 0.717) is 18.6 Å². The van der Waals surface area contributed by atoms with E-state index >= 15 is 0 Å². The maximum atomic E-state index is 13.4. The predicted molar refractivity (Wildman–Crippen MR) is 126 cm³/mol. The van der Waals surface area contributed by atoms with Crippen LogP contribution < -0.4 is 16.0 Å². The third-order valence-corrected chi connectivity index (χ3v) is 5.76. The lowest BCUT2D eigenvalue weighted by Gasteiger charge is -2.21. The average Bonchev–Trinajstić information content (AvgIpc) is 3.34. The number of ether oxygens (including phenoxy) is 2. The van der Waals surface area contributed by atoms with Gasteiger partial charge in [-0.05, 0) is 44.9 Å². The molecule has 194 valence electrons. The van der Waals surface area contributed by atoms with E-state index in [1.807, 2.05) is 37.2 Å². The van der Waals surface area contributed by atoms with Gasteiger partial charge in [0.05, 0.1) is 23.8 Å². The van der Waals surface area contributed by atoms with Crippen LogP contribution in [0.25, 0.3) is 0 Å². The first-order valence-corrected chi connectivity index (χ1v) is 11.7. The number of carbonyl (C=O) groups excluding carboxylic acids is 1. The summed E-state index contributed by atoms with van der Waals surface area (Å²) in [6.45, 7) is 10.7. The lowest BCUT2D eigenvalue weighted by Crippen LogP contribution is -2.38. The van der Waals surface area contributed by atoms with Gasteiger partial charge in [-0.1, -0.05) is 20.8 Å². The van der Waals surface area contributed by atoms with Crippen molar-refractivity contribution in [2.45, 2.75) is 77.2 Å². The van der Waals surface area contributed by atoms with Gasteiger partial charge in [-0.25, -0.2) is 0 Å². The van der Waals surface area contributed by atoms with E-state index in [0.717, 1.165) is 36.7 Å². The number of rotatable bonds is 6. The summed E-state index contributed by atoms with van der Waals surface area (Å²) in [7, 11) is 1.88. The Morgan fingerprint density at radius 2 is 1.89 bits per heavy atom. The minimum Gasteiger partial charge on any atom is -0.491 e. The molecule has 35 heavy (non-hydrogen) atoms. The summed E-state index contributed by atoms with van der Waals surface area (Å²) in [4.78, 5) is 17.6. The van der Waals surface area contributed by atoms with Gasteiger partial charge in [0, 0.05) is 36.4 Å². The summed E-state index contributed by atoms with van der Waals surface area (Å²) in [6.07, 6.45) is -2.80. The highest BCUT2D eigenvalue weighted by Crippen LogP contribution is 2.33. The van der Waals surface area contributed by atoms with Crippen LogP contribution in [0.2, 0.25) is 0 Å². The zero-order valence-corrected chi connectivity index (χ0v) is 21.2. The SMILES string of the molecule is Cn1c(C(C)(C)C)cc(=NC(=O)c2cc(C(F)(F)F)ccc2OCC(C)(C)N)n1C[C@H]1CCCO1. The van der Waals surface area contributed by atoms with Crippen molar-refractivity contribution >= 4 is 5.91 Å². The minimum absolute atomic E-state index is 0.00271. The lowest BCUT2D eigenvalue weighted by atomic mass is 9.92. The van der Waals surface area contributed by atoms with E-state index in [-0.39, 0.29) is 29.4 Å². The van der Waals surface area contributed by atoms with E-state index < -0.39 is 23.2 Å². The molecule has 1 aromatic heterocycles. The molecule has 0 bridgehead atoms. The van der Waals surface area contributed by atoms with Crippen molar-refractivity contribution in [3.63, 3.8) is 0 Å². The monoisotopic (exact) mass is 496 g/mol. The zero-order chi connectivity index (χ0) is 26.2. The summed E-state index contributed by atoms with van der Waals surface area (Å²) in [5, 5.41) is 0. The van der Waals surface area contributed by atoms with Crippen LogP contribution in [0.4, 0.5) is 13.2 Å². The van der Waals surface area contributed by atoms with E-state index in [9.17, 15) is 18.0 Å². The smallest absolute Gasteiger partial charge is 0.416 e. The molecule has 1 fully saturated rings. The Morgan fingerprint density at radius 1 is 1.20 bits per heavy atom. The van der Waals surface area contributed by atoms with Gasteiger partial charge in [0.2, 0.25) is 0 Å². The van der Waals surface area contributed by atoms with Crippen LogP contribution >= 0.6 is 0 Å². The van der Waals surface area contributed by atoms with Gasteiger partial charge in [0.25, 0.3) is 5.91 Å². The Balaban J connectivity index is 2.10. The number of aromatic nitrogens is 2. The number of nitrogens with two attached hydrogens (primary N) is 1. The molecule has 1 aromatic carbocycles. The minimum atomic E-state index is -4.62. The molecule has 7 nitrogen and oxygen atoms in total. The highest BCUT2D eigenvalue weighted by molar-refractivity contribution is 5.97. The van der Waals surface area contributed by atoms with Crippen LogP contribution in [0.1, 0.15) is 69.1 Å². The van der Waals surface area contributed by atoms with E-state index in [1.54, 1.807) is 19.9 Å². The Morgan fingerprint density at radius 3 is 2.43 bits per heavy atom. The predicted octanol–water partition coefficient (Wildman–Crippen LogP) is 4.18. The van der Waals surface area contributed by atoms with Gasteiger partial charge in [0.15, 0.2) is 5.49 Å². The van der Waals surface area contributed by atoms with Crippen molar-refractivity contribution in [2.75, 3.05) is 13.2 Å². The normalized spacial score (nSPS) is 17.8. The molecule has 3 rings (SSSR count). The number of hydrogen-bond acceptors (Lipinski definition) is 4. The molecule has 1 amide bonds. The first-order valence-electron chi connectivity index (χ1n) is 11.7. The standard InChI is InChI=1S/C25H35F3N4O3/c1-23(2,3)20-13-21(32(31(20)6)14-17-8-7-11-34-17)30-22(33)18-12-16(25(26,27)28)9-10-19(18)35-15-24(4,5)29/h9-10,12-13,17H,7-8,11,14-15,29H2,1-6H3/t17-/m1/s1. The number of benzene rings is 1. The van der Waals surface area contributed by atoms with Crippen molar-refractivity contribution in [2.24, 2.45) is 17.8 Å². The summed E-state index contributed by atoms with van der Waals surface area (Å²) < 4.78 is 55.4. The Hall–Kier alpha value is -2.59. The molecule has 2 N–H and O–H groups in total. The number of hydrogen-bond donors (Lipinski definition) is 1. The van der Waals surface area contributed by atoms with Gasteiger partial charge < -0.3 is 15.2 Å². The number of nitrogens with zero attached hydrogens (tertiary/aromatic N) is 3. The van der Waals surface area contributed by atoms with Crippen molar-refractivity contribution in [3.8, 4) is 5.75 Å². The van der Waals surface area contributed by atoms with Crippen molar-refractivity contribution < 1.29 is 27.4 Å². The quantitative estimate of drug-likeness (QED) is 0.651. The maximum absolute atomic E-state index is 13.4. The third kappa shape index (κ3) is 6.76. The fraction of sp³-hybridized carbons (Fsp3) is 0.600. The molecule has 1 aliphatic rings. The number of carbonyl (C=O) groups is 1. The van der Waals surface area contributed by atoms with Crippen molar-refractivity contribution in [1.82, 2.24) is 9.36 Å². The second-order valence-electron chi connectivity index (χ2n) is 10.8. The molecule has 2 aromatic rings. The first kappa shape index (κ1) is 27.0. The van der Waals surface area contributed by atoms with Gasteiger partial charge in [-0.3, -0.25) is 14.2 Å². The molecular weight excluding hydrogens is 461 g/mol. The molecule has 2 heterocycles. The van der Waals surface area contributed by atoms with E-state index in [2.05, 4.69) is 4.99 Å². The Labute approximate surface area is 203 Å². The zero-order valence-electron chi connectivity index (χ0n) is 21.2. The summed E-state index contributed by atoms with van der Waals surface area (Å²) in [5.74, 6) is -0.823. The second-order valence-corrected chi connectivity index (χ2v) is 10.8. The van der Waals surface area contributed by atoms with Crippen LogP contribution in [0, 0.1) is 0 Å². The van der Waals surface area contributed by atoms with E-state index in [1.165, 1.54) is 0 Å². The van der Waals surface area contributed by atoms with Crippen molar-refractivity contribution in [3.05, 3.63) is 46.6 Å². The van der Waals surface area contributed by atoms with Gasteiger partial charge >= 0.3 is 6.18 Å². The number of halogens is 3. The van der Waals surface area contributed by atoms with Gasteiger partial charge in [-0.15, -0.1) is 0 Å². The third-order valence-electron chi connectivity index (χ3n) is 5.76. The first-order chi connectivity index (χ1) is 16.1. The highest BCUT2D eigenvalue weighted by atomic mass is 19.4.